The zero-order valence-corrected chi connectivity index (χ0v) is 15.7. The van der Waals surface area contributed by atoms with Crippen LogP contribution in [0.25, 0.3) is 10.8 Å². The maximum atomic E-state index is 12.2. The SMILES string of the molecule is COCc1nc(C(=O)NCC(Cc2ccc3ccccc3c2)C(=O)O)cs1. The zero-order chi connectivity index (χ0) is 19.2. The molecular weight excluding hydrogens is 364 g/mol. The molecule has 1 atom stereocenters. The summed E-state index contributed by atoms with van der Waals surface area (Å²) in [5, 5.41) is 16.7. The van der Waals surface area contributed by atoms with Gasteiger partial charge in [-0.3, -0.25) is 9.59 Å². The summed E-state index contributed by atoms with van der Waals surface area (Å²) in [5.41, 5.74) is 1.20. The Balaban J connectivity index is 1.64. The molecule has 0 saturated heterocycles. The summed E-state index contributed by atoms with van der Waals surface area (Å²) in [6.45, 7) is 0.385. The van der Waals surface area contributed by atoms with Gasteiger partial charge in [-0.15, -0.1) is 11.3 Å². The molecule has 0 aliphatic rings. The standard InChI is InChI=1S/C20H20N2O4S/c1-26-11-18-22-17(12-27-18)19(23)21-10-16(20(24)25)9-13-6-7-14-4-2-3-5-15(14)8-13/h2-8,12,16H,9-11H2,1H3,(H,21,23)(H,24,25). The summed E-state index contributed by atoms with van der Waals surface area (Å²) in [5.74, 6) is -2.03. The first-order valence-corrected chi connectivity index (χ1v) is 9.37. The highest BCUT2D eigenvalue weighted by Gasteiger charge is 2.20. The molecular formula is C20H20N2O4S. The molecule has 0 fully saturated rings. The highest BCUT2D eigenvalue weighted by atomic mass is 32.1. The number of thiazole rings is 1. The van der Waals surface area contributed by atoms with E-state index in [1.165, 1.54) is 11.3 Å². The van der Waals surface area contributed by atoms with Gasteiger partial charge in [0.15, 0.2) is 0 Å². The van der Waals surface area contributed by atoms with Crippen LogP contribution < -0.4 is 5.32 Å². The third-order valence-electron chi connectivity index (χ3n) is 4.21. The van der Waals surface area contributed by atoms with Crippen LogP contribution in [0.2, 0.25) is 0 Å². The van der Waals surface area contributed by atoms with Crippen LogP contribution >= 0.6 is 11.3 Å². The molecule has 27 heavy (non-hydrogen) atoms. The van der Waals surface area contributed by atoms with E-state index >= 15 is 0 Å². The number of carboxylic acid groups (broad SMARTS) is 1. The van der Waals surface area contributed by atoms with Gasteiger partial charge in [-0.1, -0.05) is 42.5 Å². The average Bonchev–Trinajstić information content (AvgIpc) is 3.13. The second-order valence-corrected chi connectivity index (χ2v) is 7.13. The maximum absolute atomic E-state index is 12.2. The molecule has 7 heteroatoms. The first-order chi connectivity index (χ1) is 13.1. The number of methoxy groups -OCH3 is 1. The maximum Gasteiger partial charge on any atom is 0.308 e. The minimum Gasteiger partial charge on any atom is -0.481 e. The second kappa shape index (κ2) is 8.75. The molecule has 3 rings (SSSR count). The number of amides is 1. The first kappa shape index (κ1) is 19.0. The predicted octanol–water partition coefficient (Wildman–Crippen LogP) is 3.12. The molecule has 1 heterocycles. The molecule has 0 aliphatic carbocycles. The van der Waals surface area contributed by atoms with Crippen molar-refractivity contribution in [2.24, 2.45) is 5.92 Å². The van der Waals surface area contributed by atoms with Gasteiger partial charge in [0, 0.05) is 19.0 Å². The number of nitrogens with zero attached hydrogens (tertiary/aromatic N) is 1. The van der Waals surface area contributed by atoms with E-state index in [0.717, 1.165) is 16.3 Å². The van der Waals surface area contributed by atoms with E-state index < -0.39 is 11.9 Å². The van der Waals surface area contributed by atoms with E-state index in [1.54, 1.807) is 12.5 Å². The molecule has 1 aromatic heterocycles. The summed E-state index contributed by atoms with van der Waals surface area (Å²) < 4.78 is 4.99. The highest BCUT2D eigenvalue weighted by Crippen LogP contribution is 2.18. The fourth-order valence-corrected chi connectivity index (χ4v) is 3.55. The molecule has 0 spiro atoms. The van der Waals surface area contributed by atoms with Crippen molar-refractivity contribution >= 4 is 34.0 Å². The summed E-state index contributed by atoms with van der Waals surface area (Å²) in [7, 11) is 1.56. The van der Waals surface area contributed by atoms with Gasteiger partial charge in [0.05, 0.1) is 12.5 Å². The van der Waals surface area contributed by atoms with E-state index in [1.807, 2.05) is 42.5 Å². The monoisotopic (exact) mass is 384 g/mol. The van der Waals surface area contributed by atoms with Crippen molar-refractivity contribution in [1.82, 2.24) is 10.3 Å². The number of ether oxygens (including phenoxy) is 1. The number of carbonyl (C=O) groups excluding carboxylic acids is 1. The molecule has 6 nitrogen and oxygen atoms in total. The van der Waals surface area contributed by atoms with E-state index in [0.29, 0.717) is 18.0 Å². The molecule has 0 radical (unpaired) electrons. The Labute approximate surface area is 160 Å². The van der Waals surface area contributed by atoms with Crippen LogP contribution in [0.5, 0.6) is 0 Å². The molecule has 140 valence electrons. The van der Waals surface area contributed by atoms with E-state index in [9.17, 15) is 14.7 Å². The lowest BCUT2D eigenvalue weighted by atomic mass is 9.97. The van der Waals surface area contributed by atoms with Crippen LogP contribution in [0, 0.1) is 5.92 Å². The third kappa shape index (κ3) is 4.90. The zero-order valence-electron chi connectivity index (χ0n) is 14.8. The Morgan fingerprint density at radius 3 is 2.74 bits per heavy atom. The predicted molar refractivity (Wildman–Crippen MR) is 104 cm³/mol. The fourth-order valence-electron chi connectivity index (χ4n) is 2.81. The van der Waals surface area contributed by atoms with Crippen LogP contribution in [0.15, 0.2) is 47.8 Å². The van der Waals surface area contributed by atoms with Crippen LogP contribution in [0.4, 0.5) is 0 Å². The average molecular weight is 384 g/mol. The summed E-state index contributed by atoms with van der Waals surface area (Å²) >= 11 is 1.33. The Kier molecular flexibility index (Phi) is 6.16. The van der Waals surface area contributed by atoms with Gasteiger partial charge < -0.3 is 15.2 Å². The van der Waals surface area contributed by atoms with Crippen LogP contribution in [-0.4, -0.2) is 35.6 Å². The molecule has 1 amide bonds. The van der Waals surface area contributed by atoms with E-state index in [2.05, 4.69) is 10.3 Å². The number of hydrogen-bond acceptors (Lipinski definition) is 5. The Bertz CT molecular complexity index is 954. The molecule has 0 aliphatic heterocycles. The number of nitrogens with one attached hydrogen (secondary N) is 1. The minimum atomic E-state index is -0.943. The summed E-state index contributed by atoms with van der Waals surface area (Å²) in [4.78, 5) is 28.0. The van der Waals surface area contributed by atoms with Crippen molar-refractivity contribution in [1.29, 1.82) is 0 Å². The van der Waals surface area contributed by atoms with Gasteiger partial charge in [-0.2, -0.15) is 0 Å². The normalized spacial score (nSPS) is 12.0. The number of aliphatic carboxylic acids is 1. The van der Waals surface area contributed by atoms with Gasteiger partial charge in [0.1, 0.15) is 10.7 Å². The number of hydrogen-bond donors (Lipinski definition) is 2. The molecule has 2 N–H and O–H groups in total. The Hall–Kier alpha value is -2.77. The molecule has 3 aromatic rings. The van der Waals surface area contributed by atoms with Crippen molar-refractivity contribution in [3.63, 3.8) is 0 Å². The summed E-state index contributed by atoms with van der Waals surface area (Å²) in [6.07, 6.45) is 0.340. The first-order valence-electron chi connectivity index (χ1n) is 8.49. The van der Waals surface area contributed by atoms with Gasteiger partial charge in [0.2, 0.25) is 0 Å². The number of rotatable bonds is 8. The smallest absolute Gasteiger partial charge is 0.308 e. The molecule has 2 aromatic carbocycles. The molecule has 0 saturated carbocycles. The van der Waals surface area contributed by atoms with Crippen LogP contribution in [0.1, 0.15) is 21.1 Å². The quantitative estimate of drug-likeness (QED) is 0.623. The van der Waals surface area contributed by atoms with E-state index in [4.69, 9.17) is 4.74 Å². The summed E-state index contributed by atoms with van der Waals surface area (Å²) in [6, 6.07) is 13.8. The lowest BCUT2D eigenvalue weighted by Crippen LogP contribution is -2.34. The minimum absolute atomic E-state index is 0.0398. The van der Waals surface area contributed by atoms with Crippen molar-refractivity contribution in [3.05, 3.63) is 64.1 Å². The molecule has 0 bridgehead atoms. The Morgan fingerprint density at radius 1 is 1.22 bits per heavy atom. The lowest BCUT2D eigenvalue weighted by molar-refractivity contribution is -0.141. The van der Waals surface area contributed by atoms with Gasteiger partial charge in [-0.25, -0.2) is 4.98 Å². The topological polar surface area (TPSA) is 88.5 Å². The number of fused-ring (bicyclic) bond motifs is 1. The number of benzene rings is 2. The van der Waals surface area contributed by atoms with Gasteiger partial charge in [0.25, 0.3) is 5.91 Å². The van der Waals surface area contributed by atoms with Crippen LogP contribution in [-0.2, 0) is 22.6 Å². The lowest BCUT2D eigenvalue weighted by Gasteiger charge is -2.13. The van der Waals surface area contributed by atoms with Crippen molar-refractivity contribution < 1.29 is 19.4 Å². The van der Waals surface area contributed by atoms with Gasteiger partial charge >= 0.3 is 5.97 Å². The fraction of sp³-hybridized carbons (Fsp3) is 0.250. The highest BCUT2D eigenvalue weighted by molar-refractivity contribution is 7.09. The Morgan fingerprint density at radius 2 is 2.00 bits per heavy atom. The number of carbonyl (C=O) groups is 2. The largest absolute Gasteiger partial charge is 0.481 e. The van der Waals surface area contributed by atoms with Crippen molar-refractivity contribution in [3.8, 4) is 0 Å². The van der Waals surface area contributed by atoms with Crippen LogP contribution in [0.3, 0.4) is 0 Å². The second-order valence-electron chi connectivity index (χ2n) is 6.19. The number of carboxylic acids is 1. The third-order valence-corrected chi connectivity index (χ3v) is 5.03. The number of aromatic nitrogens is 1. The van der Waals surface area contributed by atoms with Gasteiger partial charge in [-0.05, 0) is 22.8 Å². The molecule has 1 unspecified atom stereocenters. The van der Waals surface area contributed by atoms with Crippen molar-refractivity contribution in [2.45, 2.75) is 13.0 Å². The van der Waals surface area contributed by atoms with Crippen molar-refractivity contribution in [2.75, 3.05) is 13.7 Å². The van der Waals surface area contributed by atoms with E-state index in [-0.39, 0.29) is 18.1 Å².